The van der Waals surface area contributed by atoms with Crippen LogP contribution in [0.25, 0.3) is 0 Å². The number of hydrogen-bond acceptors (Lipinski definition) is 5. The zero-order valence-corrected chi connectivity index (χ0v) is 14.7. The highest BCUT2D eigenvalue weighted by Gasteiger charge is 2.26. The van der Waals surface area contributed by atoms with Gasteiger partial charge in [0.1, 0.15) is 5.56 Å². The second-order valence-electron chi connectivity index (χ2n) is 5.94. The number of likely N-dealkylation sites (N-methyl/N-ethyl adjacent to an activating group) is 2. The minimum atomic E-state index is -0.512. The monoisotopic (exact) mass is 335 g/mol. The van der Waals surface area contributed by atoms with Crippen molar-refractivity contribution in [3.63, 3.8) is 0 Å². The Labute approximate surface area is 142 Å². The number of anilines is 1. The van der Waals surface area contributed by atoms with Crippen molar-refractivity contribution in [2.75, 3.05) is 46.7 Å². The highest BCUT2D eigenvalue weighted by Crippen LogP contribution is 2.29. The van der Waals surface area contributed by atoms with Gasteiger partial charge in [0.05, 0.1) is 19.9 Å². The Bertz CT molecular complexity index is 601. The summed E-state index contributed by atoms with van der Waals surface area (Å²) in [6.07, 6.45) is 2.48. The van der Waals surface area contributed by atoms with Crippen LogP contribution in [0.2, 0.25) is 0 Å². The lowest BCUT2D eigenvalue weighted by Crippen LogP contribution is -2.38. The zero-order valence-electron chi connectivity index (χ0n) is 14.7. The number of nitrogens with zero attached hydrogens (tertiary/aromatic N) is 2. The molecule has 132 valence electrons. The standard InChI is InChI=1S/C17H25N3O4/c1-19(12-8-9-12)10-11-20(2)17(22)18-14-7-5-6-13(15(14)23-3)16(21)24-4/h5-7,12H,8-11H2,1-4H3,(H,18,22). The van der Waals surface area contributed by atoms with Crippen LogP contribution in [0.4, 0.5) is 10.5 Å². The third-order valence-electron chi connectivity index (χ3n) is 4.17. The SMILES string of the molecule is COC(=O)c1cccc(NC(=O)N(C)CCN(C)C2CC2)c1OC. The van der Waals surface area contributed by atoms with E-state index in [1.165, 1.54) is 27.1 Å². The van der Waals surface area contributed by atoms with Gasteiger partial charge in [-0.2, -0.15) is 0 Å². The highest BCUT2D eigenvalue weighted by molar-refractivity contribution is 5.98. The highest BCUT2D eigenvalue weighted by atomic mass is 16.5. The molecular formula is C17H25N3O4. The zero-order chi connectivity index (χ0) is 17.7. The predicted molar refractivity (Wildman–Crippen MR) is 91.6 cm³/mol. The topological polar surface area (TPSA) is 71.1 Å². The van der Waals surface area contributed by atoms with E-state index in [2.05, 4.69) is 17.3 Å². The van der Waals surface area contributed by atoms with Crippen LogP contribution in [-0.4, -0.2) is 69.2 Å². The summed E-state index contributed by atoms with van der Waals surface area (Å²) < 4.78 is 10.0. The van der Waals surface area contributed by atoms with Crippen LogP contribution in [-0.2, 0) is 4.74 Å². The molecule has 0 aromatic heterocycles. The van der Waals surface area contributed by atoms with Crippen LogP contribution in [0.5, 0.6) is 5.75 Å². The maximum absolute atomic E-state index is 12.4. The predicted octanol–water partition coefficient (Wildman–Crippen LogP) is 2.04. The third kappa shape index (κ3) is 4.38. The maximum Gasteiger partial charge on any atom is 0.341 e. The normalized spacial score (nSPS) is 13.5. The number of carbonyl (C=O) groups excluding carboxylic acids is 2. The van der Waals surface area contributed by atoms with Crippen molar-refractivity contribution in [2.45, 2.75) is 18.9 Å². The van der Waals surface area contributed by atoms with Gasteiger partial charge in [-0.25, -0.2) is 9.59 Å². The van der Waals surface area contributed by atoms with Gasteiger partial charge in [0.15, 0.2) is 5.75 Å². The van der Waals surface area contributed by atoms with Crippen molar-refractivity contribution in [1.29, 1.82) is 0 Å². The minimum Gasteiger partial charge on any atom is -0.494 e. The van der Waals surface area contributed by atoms with Crippen molar-refractivity contribution < 1.29 is 19.1 Å². The average Bonchev–Trinajstić information content (AvgIpc) is 3.43. The van der Waals surface area contributed by atoms with E-state index in [1.807, 2.05) is 0 Å². The molecule has 2 rings (SSSR count). The van der Waals surface area contributed by atoms with Gasteiger partial charge in [0, 0.05) is 26.2 Å². The van der Waals surface area contributed by atoms with Gasteiger partial charge >= 0.3 is 12.0 Å². The van der Waals surface area contributed by atoms with Gasteiger partial charge in [-0.05, 0) is 32.0 Å². The first kappa shape index (κ1) is 18.1. The first-order chi connectivity index (χ1) is 11.5. The number of methoxy groups -OCH3 is 2. The number of benzene rings is 1. The Hall–Kier alpha value is -2.28. The average molecular weight is 335 g/mol. The van der Waals surface area contributed by atoms with Gasteiger partial charge in [-0.3, -0.25) is 0 Å². The molecule has 0 unspecified atom stereocenters. The number of rotatable bonds is 7. The molecule has 0 bridgehead atoms. The van der Waals surface area contributed by atoms with Gasteiger partial charge in [0.2, 0.25) is 0 Å². The van der Waals surface area contributed by atoms with E-state index in [-0.39, 0.29) is 11.6 Å². The Morgan fingerprint density at radius 1 is 1.21 bits per heavy atom. The van der Waals surface area contributed by atoms with Gasteiger partial charge in [0.25, 0.3) is 0 Å². The second kappa shape index (κ2) is 8.01. The van der Waals surface area contributed by atoms with Crippen molar-refractivity contribution >= 4 is 17.7 Å². The molecule has 1 N–H and O–H groups in total. The molecule has 7 nitrogen and oxygen atoms in total. The second-order valence-corrected chi connectivity index (χ2v) is 5.94. The van der Waals surface area contributed by atoms with Gasteiger partial charge in [-0.1, -0.05) is 6.07 Å². The first-order valence-electron chi connectivity index (χ1n) is 7.95. The molecule has 1 saturated carbocycles. The van der Waals surface area contributed by atoms with E-state index in [9.17, 15) is 9.59 Å². The van der Waals surface area contributed by atoms with E-state index in [1.54, 1.807) is 30.1 Å². The number of esters is 1. The molecule has 2 amide bonds. The van der Waals surface area contributed by atoms with E-state index >= 15 is 0 Å². The lowest BCUT2D eigenvalue weighted by Gasteiger charge is -2.23. The number of nitrogens with one attached hydrogen (secondary N) is 1. The molecule has 0 radical (unpaired) electrons. The fraction of sp³-hybridized carbons (Fsp3) is 0.529. The molecule has 1 aromatic carbocycles. The number of amides is 2. The summed E-state index contributed by atoms with van der Waals surface area (Å²) in [5.74, 6) is -0.219. The largest absolute Gasteiger partial charge is 0.494 e. The van der Waals surface area contributed by atoms with Crippen LogP contribution < -0.4 is 10.1 Å². The molecule has 0 atom stereocenters. The first-order valence-corrected chi connectivity index (χ1v) is 7.95. The number of urea groups is 1. The molecule has 0 saturated heterocycles. The van der Waals surface area contributed by atoms with Crippen molar-refractivity contribution in [1.82, 2.24) is 9.80 Å². The lowest BCUT2D eigenvalue weighted by molar-refractivity contribution is 0.0597. The molecule has 1 aromatic rings. The van der Waals surface area contributed by atoms with Crippen molar-refractivity contribution in [3.8, 4) is 5.75 Å². The lowest BCUT2D eigenvalue weighted by atomic mass is 10.1. The smallest absolute Gasteiger partial charge is 0.341 e. The van der Waals surface area contributed by atoms with Gasteiger partial charge < -0.3 is 24.6 Å². The third-order valence-corrected chi connectivity index (χ3v) is 4.17. The summed E-state index contributed by atoms with van der Waals surface area (Å²) in [5.41, 5.74) is 0.710. The van der Waals surface area contributed by atoms with Crippen LogP contribution in [0.3, 0.4) is 0 Å². The molecular weight excluding hydrogens is 310 g/mol. The molecule has 1 fully saturated rings. The minimum absolute atomic E-state index is 0.250. The fourth-order valence-electron chi connectivity index (χ4n) is 2.44. The quantitative estimate of drug-likeness (QED) is 0.772. The molecule has 7 heteroatoms. The summed E-state index contributed by atoms with van der Waals surface area (Å²) in [5, 5.41) is 2.78. The number of carbonyl (C=O) groups is 2. The summed E-state index contributed by atoms with van der Waals surface area (Å²) in [4.78, 5) is 28.0. The number of ether oxygens (including phenoxy) is 2. The Morgan fingerprint density at radius 3 is 2.50 bits per heavy atom. The van der Waals surface area contributed by atoms with Gasteiger partial charge in [-0.15, -0.1) is 0 Å². The number of para-hydroxylation sites is 1. The molecule has 0 aliphatic heterocycles. The van der Waals surface area contributed by atoms with Crippen LogP contribution in [0, 0.1) is 0 Å². The summed E-state index contributed by atoms with van der Waals surface area (Å²) >= 11 is 0. The van der Waals surface area contributed by atoms with Crippen LogP contribution in [0.1, 0.15) is 23.2 Å². The van der Waals surface area contributed by atoms with E-state index < -0.39 is 5.97 Å². The van der Waals surface area contributed by atoms with Crippen molar-refractivity contribution in [3.05, 3.63) is 23.8 Å². The Morgan fingerprint density at radius 2 is 1.92 bits per heavy atom. The van der Waals surface area contributed by atoms with E-state index in [0.717, 1.165) is 6.54 Å². The van der Waals surface area contributed by atoms with Crippen LogP contribution >= 0.6 is 0 Å². The van der Waals surface area contributed by atoms with Crippen LogP contribution in [0.15, 0.2) is 18.2 Å². The van der Waals surface area contributed by atoms with E-state index in [0.29, 0.717) is 24.0 Å². The Balaban J connectivity index is 2.00. The maximum atomic E-state index is 12.4. The van der Waals surface area contributed by atoms with Crippen molar-refractivity contribution in [2.24, 2.45) is 0 Å². The molecule has 24 heavy (non-hydrogen) atoms. The van der Waals surface area contributed by atoms with E-state index in [4.69, 9.17) is 9.47 Å². The molecule has 0 spiro atoms. The fourth-order valence-corrected chi connectivity index (χ4v) is 2.44. The molecule has 1 aliphatic carbocycles. The summed E-state index contributed by atoms with van der Waals surface area (Å²) in [6.45, 7) is 1.45. The molecule has 0 heterocycles. The summed E-state index contributed by atoms with van der Waals surface area (Å²) in [7, 11) is 6.57. The molecule has 1 aliphatic rings. The summed E-state index contributed by atoms with van der Waals surface area (Å²) in [6, 6.07) is 5.37. The number of hydrogen-bond donors (Lipinski definition) is 1. The Kier molecular flexibility index (Phi) is 6.03.